The van der Waals surface area contributed by atoms with Crippen molar-refractivity contribution in [3.8, 4) is 11.5 Å². The summed E-state index contributed by atoms with van der Waals surface area (Å²) in [6.45, 7) is 3.75. The smallest absolute Gasteiger partial charge is 0.166 e. The number of ether oxygens (including phenoxy) is 2. The van der Waals surface area contributed by atoms with Gasteiger partial charge in [-0.1, -0.05) is 31.4 Å². The van der Waals surface area contributed by atoms with Gasteiger partial charge in [0.2, 0.25) is 0 Å². The van der Waals surface area contributed by atoms with E-state index in [1.54, 1.807) is 7.11 Å². The molecule has 0 spiro atoms. The molecule has 0 aromatic heterocycles. The zero-order chi connectivity index (χ0) is 15.1. The average Bonchev–Trinajstić information content (AvgIpc) is 2.75. The Morgan fingerprint density at radius 2 is 1.90 bits per heavy atom. The van der Waals surface area contributed by atoms with Crippen molar-refractivity contribution in [2.45, 2.75) is 58.1 Å². The highest BCUT2D eigenvalue weighted by atomic mass is 35.5. The van der Waals surface area contributed by atoms with Gasteiger partial charge in [-0.3, -0.25) is 0 Å². The maximum Gasteiger partial charge on any atom is 0.166 e. The third-order valence-electron chi connectivity index (χ3n) is 3.97. The molecule has 1 fully saturated rings. The fraction of sp³-hybridized carbons (Fsp3) is 0.647. The first-order chi connectivity index (χ1) is 10.2. The highest BCUT2D eigenvalue weighted by molar-refractivity contribution is 6.30. The molecule has 1 saturated carbocycles. The largest absolute Gasteiger partial charge is 0.493 e. The Labute approximate surface area is 133 Å². The fourth-order valence-electron chi connectivity index (χ4n) is 2.83. The second-order valence-corrected chi connectivity index (χ2v) is 6.04. The van der Waals surface area contributed by atoms with Crippen molar-refractivity contribution >= 4 is 11.6 Å². The van der Waals surface area contributed by atoms with Gasteiger partial charge in [0.05, 0.1) is 13.2 Å². The molecule has 1 aliphatic carbocycles. The van der Waals surface area contributed by atoms with Crippen LogP contribution < -0.4 is 14.8 Å². The fourth-order valence-corrected chi connectivity index (χ4v) is 3.06. The van der Waals surface area contributed by atoms with Gasteiger partial charge in [-0.15, -0.1) is 0 Å². The molecule has 0 bridgehead atoms. The Bertz CT molecular complexity index is 443. The third-order valence-corrected chi connectivity index (χ3v) is 4.19. The molecule has 1 aliphatic rings. The third kappa shape index (κ3) is 4.79. The lowest BCUT2D eigenvalue weighted by Gasteiger charge is -2.22. The van der Waals surface area contributed by atoms with Gasteiger partial charge < -0.3 is 14.8 Å². The lowest BCUT2D eigenvalue weighted by Crippen LogP contribution is -2.19. The van der Waals surface area contributed by atoms with Gasteiger partial charge >= 0.3 is 0 Å². The van der Waals surface area contributed by atoms with Gasteiger partial charge in [0.25, 0.3) is 0 Å². The molecule has 0 atom stereocenters. The molecule has 4 heteroatoms. The number of methoxy groups -OCH3 is 1. The molecule has 21 heavy (non-hydrogen) atoms. The highest BCUT2D eigenvalue weighted by Crippen LogP contribution is 2.37. The average molecular weight is 312 g/mol. The lowest BCUT2D eigenvalue weighted by atomic mass is 10.1. The summed E-state index contributed by atoms with van der Waals surface area (Å²) in [5, 5.41) is 4.03. The number of nitrogens with one attached hydrogen (secondary N) is 1. The minimum absolute atomic E-state index is 0.294. The maximum absolute atomic E-state index is 6.32. The normalized spacial score (nSPS) is 16.5. The van der Waals surface area contributed by atoms with E-state index in [4.69, 9.17) is 21.1 Å². The van der Waals surface area contributed by atoms with Crippen LogP contribution in [0.25, 0.3) is 0 Å². The summed E-state index contributed by atoms with van der Waals surface area (Å²) in [6.07, 6.45) is 7.71. The molecule has 1 aromatic rings. The summed E-state index contributed by atoms with van der Waals surface area (Å²) in [5.74, 6) is 1.59. The second-order valence-electron chi connectivity index (χ2n) is 5.61. The molecule has 1 N–H and O–H groups in total. The molecular weight excluding hydrogens is 286 g/mol. The molecule has 0 unspecified atom stereocenters. The van der Waals surface area contributed by atoms with E-state index < -0.39 is 0 Å². The van der Waals surface area contributed by atoms with E-state index in [9.17, 15) is 0 Å². The first-order valence-corrected chi connectivity index (χ1v) is 8.36. The van der Waals surface area contributed by atoms with Crippen LogP contribution in [-0.4, -0.2) is 19.8 Å². The van der Waals surface area contributed by atoms with Crippen LogP contribution in [0.15, 0.2) is 12.1 Å². The van der Waals surface area contributed by atoms with Crippen LogP contribution >= 0.6 is 11.6 Å². The van der Waals surface area contributed by atoms with E-state index in [0.717, 1.165) is 43.0 Å². The Hall–Kier alpha value is -0.930. The molecule has 1 aromatic carbocycles. The molecule has 0 saturated heterocycles. The van der Waals surface area contributed by atoms with E-state index in [1.807, 2.05) is 12.1 Å². The van der Waals surface area contributed by atoms with E-state index >= 15 is 0 Å². The number of halogens is 1. The van der Waals surface area contributed by atoms with Crippen LogP contribution in [0.2, 0.25) is 5.02 Å². The molecule has 0 amide bonds. The summed E-state index contributed by atoms with van der Waals surface area (Å²) < 4.78 is 11.8. The summed E-state index contributed by atoms with van der Waals surface area (Å²) in [4.78, 5) is 0. The van der Waals surface area contributed by atoms with Crippen LogP contribution in [0.3, 0.4) is 0 Å². The Balaban J connectivity index is 2.21. The summed E-state index contributed by atoms with van der Waals surface area (Å²) in [5.41, 5.74) is 1.07. The van der Waals surface area contributed by atoms with Crippen LogP contribution in [0, 0.1) is 0 Å². The number of hydrogen-bond acceptors (Lipinski definition) is 3. The number of benzene rings is 1. The predicted molar refractivity (Wildman–Crippen MR) is 87.5 cm³/mol. The van der Waals surface area contributed by atoms with Crippen molar-refractivity contribution in [2.75, 3.05) is 13.7 Å². The number of rotatable bonds is 6. The van der Waals surface area contributed by atoms with E-state index in [-0.39, 0.29) is 0 Å². The van der Waals surface area contributed by atoms with Crippen molar-refractivity contribution in [3.63, 3.8) is 0 Å². The Morgan fingerprint density at radius 1 is 1.19 bits per heavy atom. The van der Waals surface area contributed by atoms with Gasteiger partial charge in [0, 0.05) is 23.2 Å². The number of hydrogen-bond donors (Lipinski definition) is 1. The zero-order valence-corrected chi connectivity index (χ0v) is 13.8. The van der Waals surface area contributed by atoms with Gasteiger partial charge in [-0.2, -0.15) is 0 Å². The van der Waals surface area contributed by atoms with Crippen molar-refractivity contribution in [3.05, 3.63) is 22.7 Å². The second kappa shape index (κ2) is 8.50. The summed E-state index contributed by atoms with van der Waals surface area (Å²) >= 11 is 6.19. The van der Waals surface area contributed by atoms with Gasteiger partial charge in [0.15, 0.2) is 11.5 Å². The van der Waals surface area contributed by atoms with Crippen molar-refractivity contribution in [1.82, 2.24) is 5.32 Å². The van der Waals surface area contributed by atoms with Gasteiger partial charge in [-0.05, 0) is 38.3 Å². The van der Waals surface area contributed by atoms with Crippen molar-refractivity contribution in [1.29, 1.82) is 0 Å². The lowest BCUT2D eigenvalue weighted by molar-refractivity contribution is 0.174. The van der Waals surface area contributed by atoms with Gasteiger partial charge in [-0.25, -0.2) is 0 Å². The molecule has 0 radical (unpaired) electrons. The quantitative estimate of drug-likeness (QED) is 0.781. The molecule has 2 rings (SSSR count). The minimum Gasteiger partial charge on any atom is -0.493 e. The SMILES string of the molecule is CCNCc1cc(Cl)cc(OC)c1OC1CCCCCC1. The minimum atomic E-state index is 0.294. The molecule has 0 heterocycles. The van der Waals surface area contributed by atoms with E-state index in [0.29, 0.717) is 11.1 Å². The molecule has 0 aliphatic heterocycles. The molecule has 3 nitrogen and oxygen atoms in total. The standard InChI is InChI=1S/C17H26ClNO2/c1-3-19-12-13-10-14(18)11-16(20-2)17(13)21-15-8-6-4-5-7-9-15/h10-11,15,19H,3-9,12H2,1-2H3. The first-order valence-electron chi connectivity index (χ1n) is 7.98. The van der Waals surface area contributed by atoms with Gasteiger partial charge in [0.1, 0.15) is 0 Å². The molecular formula is C17H26ClNO2. The summed E-state index contributed by atoms with van der Waals surface area (Å²) in [6, 6.07) is 3.81. The van der Waals surface area contributed by atoms with Crippen LogP contribution in [0.1, 0.15) is 51.0 Å². The molecule has 118 valence electrons. The summed E-state index contributed by atoms with van der Waals surface area (Å²) in [7, 11) is 1.67. The van der Waals surface area contributed by atoms with Crippen molar-refractivity contribution in [2.24, 2.45) is 0 Å². The predicted octanol–water partition coefficient (Wildman–Crippen LogP) is 4.56. The monoisotopic (exact) mass is 311 g/mol. The topological polar surface area (TPSA) is 30.5 Å². The maximum atomic E-state index is 6.32. The van der Waals surface area contributed by atoms with Crippen molar-refractivity contribution < 1.29 is 9.47 Å². The zero-order valence-electron chi connectivity index (χ0n) is 13.1. The van der Waals surface area contributed by atoms with E-state index in [1.165, 1.54) is 25.7 Å². The van der Waals surface area contributed by atoms with Crippen LogP contribution in [0.5, 0.6) is 11.5 Å². The van der Waals surface area contributed by atoms with Crippen LogP contribution in [0.4, 0.5) is 0 Å². The first kappa shape index (κ1) is 16.4. The Kier molecular flexibility index (Phi) is 6.65. The highest BCUT2D eigenvalue weighted by Gasteiger charge is 2.19. The van der Waals surface area contributed by atoms with Crippen LogP contribution in [-0.2, 0) is 6.54 Å². The Morgan fingerprint density at radius 3 is 2.52 bits per heavy atom. The van der Waals surface area contributed by atoms with E-state index in [2.05, 4.69) is 12.2 Å².